The Labute approximate surface area is 260 Å². The summed E-state index contributed by atoms with van der Waals surface area (Å²) in [6, 6.07) is 23.6. The third-order valence-corrected chi connectivity index (χ3v) is 9.15. The number of ether oxygens (including phenoxy) is 2. The fraction of sp³-hybridized carbons (Fsp3) is 0.231. The van der Waals surface area contributed by atoms with Crippen LogP contribution in [-0.2, 0) is 5.41 Å². The van der Waals surface area contributed by atoms with E-state index in [0.717, 1.165) is 55.3 Å². The second-order valence-corrected chi connectivity index (χ2v) is 12.1. The highest BCUT2D eigenvalue weighted by Crippen LogP contribution is 2.51. The Morgan fingerprint density at radius 1 is 0.600 bits per heavy atom. The van der Waals surface area contributed by atoms with Gasteiger partial charge in [-0.3, -0.25) is 0 Å². The Bertz CT molecular complexity index is 2120. The number of benzene rings is 4. The van der Waals surface area contributed by atoms with Gasteiger partial charge >= 0.3 is 11.3 Å². The molecule has 0 bridgehead atoms. The zero-order valence-corrected chi connectivity index (χ0v) is 26.3. The summed E-state index contributed by atoms with van der Waals surface area (Å²) in [7, 11) is 0. The van der Waals surface area contributed by atoms with Gasteiger partial charge < -0.3 is 18.3 Å². The molecule has 0 aliphatic heterocycles. The molecule has 0 saturated carbocycles. The third-order valence-electron chi connectivity index (χ3n) is 9.15. The molecule has 0 unspecified atom stereocenters. The van der Waals surface area contributed by atoms with Crippen LogP contribution in [0.3, 0.4) is 0 Å². The molecule has 6 heteroatoms. The summed E-state index contributed by atoms with van der Waals surface area (Å²) < 4.78 is 22.8. The summed E-state index contributed by atoms with van der Waals surface area (Å²) in [5, 5.41) is 1.75. The van der Waals surface area contributed by atoms with E-state index >= 15 is 0 Å². The van der Waals surface area contributed by atoms with Crippen LogP contribution in [0.4, 0.5) is 0 Å². The van der Waals surface area contributed by atoms with Gasteiger partial charge in [0.15, 0.2) is 0 Å². The molecule has 0 fully saturated rings. The van der Waals surface area contributed by atoms with Crippen LogP contribution in [0.1, 0.15) is 49.9 Å². The van der Waals surface area contributed by atoms with Crippen LogP contribution >= 0.6 is 0 Å². The lowest BCUT2D eigenvalue weighted by molar-refractivity contribution is 0.340. The lowest BCUT2D eigenvalue weighted by Gasteiger charge is -2.23. The zero-order chi connectivity index (χ0) is 31.6. The molecule has 6 aromatic rings. The number of rotatable bonds is 6. The molecule has 2 aromatic heterocycles. The van der Waals surface area contributed by atoms with Gasteiger partial charge in [0.2, 0.25) is 0 Å². The number of hydrogen-bond acceptors (Lipinski definition) is 6. The maximum Gasteiger partial charge on any atom is 0.344 e. The first-order valence-electron chi connectivity index (χ1n) is 15.3. The first-order chi connectivity index (χ1) is 21.6. The predicted octanol–water partition coefficient (Wildman–Crippen LogP) is 8.95. The SMILES string of the molecule is CCOc1ccc2c(C)c(-c3ccc4c(c3)C(C)(C)c3cc(-c5c(C)c6ccc(OCC)cc6oc5=O)ccc3-4)c(=O)oc2c1. The van der Waals surface area contributed by atoms with E-state index in [4.69, 9.17) is 18.3 Å². The minimum Gasteiger partial charge on any atom is -0.494 e. The summed E-state index contributed by atoms with van der Waals surface area (Å²) in [6.45, 7) is 13.2. The van der Waals surface area contributed by atoms with Gasteiger partial charge in [0.25, 0.3) is 0 Å². The second-order valence-electron chi connectivity index (χ2n) is 12.1. The normalized spacial score (nSPS) is 13.2. The fourth-order valence-corrected chi connectivity index (χ4v) is 6.90. The van der Waals surface area contributed by atoms with Crippen molar-refractivity contribution in [2.75, 3.05) is 13.2 Å². The lowest BCUT2D eigenvalue weighted by atomic mass is 9.80. The Kier molecular flexibility index (Phi) is 6.70. The van der Waals surface area contributed by atoms with Crippen molar-refractivity contribution in [2.24, 2.45) is 0 Å². The van der Waals surface area contributed by atoms with Crippen molar-refractivity contribution in [3.63, 3.8) is 0 Å². The number of hydrogen-bond donors (Lipinski definition) is 0. The smallest absolute Gasteiger partial charge is 0.344 e. The largest absolute Gasteiger partial charge is 0.494 e. The molecule has 7 rings (SSSR count). The van der Waals surface area contributed by atoms with Crippen molar-refractivity contribution >= 4 is 21.9 Å². The molecule has 4 aromatic carbocycles. The highest BCUT2D eigenvalue weighted by Gasteiger charge is 2.36. The van der Waals surface area contributed by atoms with Gasteiger partial charge in [-0.2, -0.15) is 0 Å². The molecule has 0 radical (unpaired) electrons. The van der Waals surface area contributed by atoms with E-state index in [9.17, 15) is 9.59 Å². The van der Waals surface area contributed by atoms with Gasteiger partial charge in [0.1, 0.15) is 22.7 Å². The van der Waals surface area contributed by atoms with Crippen LogP contribution in [0.5, 0.6) is 11.5 Å². The monoisotopic (exact) mass is 598 g/mol. The summed E-state index contributed by atoms with van der Waals surface area (Å²) in [5.74, 6) is 1.34. The molecule has 226 valence electrons. The standard InChI is InChI=1S/C39H34O6/c1-7-42-25-11-15-27-21(3)35(37(40)44-33(27)19-25)23-9-13-29-30-14-10-24(18-32(30)39(5,6)31(29)17-23)36-22(4)28-16-12-26(43-8-2)20-34(28)45-38(36)41/h9-20H,7-8H2,1-6H3. The van der Waals surface area contributed by atoms with E-state index in [1.54, 1.807) is 12.1 Å². The molecule has 0 N–H and O–H groups in total. The molecule has 1 aliphatic carbocycles. The van der Waals surface area contributed by atoms with Crippen LogP contribution in [0.25, 0.3) is 55.3 Å². The van der Waals surface area contributed by atoms with Crippen molar-refractivity contribution in [3.8, 4) is 44.9 Å². The molecular formula is C39H34O6. The zero-order valence-electron chi connectivity index (χ0n) is 26.3. The fourth-order valence-electron chi connectivity index (χ4n) is 6.90. The van der Waals surface area contributed by atoms with E-state index in [0.29, 0.717) is 47.0 Å². The minimum absolute atomic E-state index is 0.379. The predicted molar refractivity (Wildman–Crippen MR) is 179 cm³/mol. The van der Waals surface area contributed by atoms with Crippen molar-refractivity contribution < 1.29 is 18.3 Å². The van der Waals surface area contributed by atoms with Crippen molar-refractivity contribution in [3.05, 3.63) is 116 Å². The molecule has 0 amide bonds. The molecule has 1 aliphatic rings. The van der Waals surface area contributed by atoms with Crippen LogP contribution < -0.4 is 20.7 Å². The quantitative estimate of drug-likeness (QED) is 0.178. The molecule has 2 heterocycles. The Hall–Kier alpha value is -5.10. The lowest BCUT2D eigenvalue weighted by Crippen LogP contribution is -2.16. The summed E-state index contributed by atoms with van der Waals surface area (Å²) in [6.07, 6.45) is 0. The Morgan fingerprint density at radius 2 is 1.02 bits per heavy atom. The summed E-state index contributed by atoms with van der Waals surface area (Å²) in [5.41, 5.74) is 8.80. The van der Waals surface area contributed by atoms with Gasteiger partial charge in [-0.25, -0.2) is 9.59 Å². The molecule has 6 nitrogen and oxygen atoms in total. The first-order valence-corrected chi connectivity index (χ1v) is 15.3. The van der Waals surface area contributed by atoms with E-state index in [1.165, 1.54) is 0 Å². The molecular weight excluding hydrogens is 564 g/mol. The van der Waals surface area contributed by atoms with Crippen molar-refractivity contribution in [1.29, 1.82) is 0 Å². The first kappa shape index (κ1) is 28.7. The number of fused-ring (bicyclic) bond motifs is 5. The number of aryl methyl sites for hydroxylation is 2. The highest BCUT2D eigenvalue weighted by molar-refractivity contribution is 5.91. The third kappa shape index (κ3) is 4.47. The van der Waals surface area contributed by atoms with Gasteiger partial charge in [-0.15, -0.1) is 0 Å². The van der Waals surface area contributed by atoms with Crippen LogP contribution in [-0.4, -0.2) is 13.2 Å². The molecule has 0 saturated heterocycles. The maximum absolute atomic E-state index is 13.4. The Morgan fingerprint density at radius 3 is 1.42 bits per heavy atom. The molecule has 0 spiro atoms. The van der Waals surface area contributed by atoms with Gasteiger partial charge in [0.05, 0.1) is 24.3 Å². The molecule has 0 atom stereocenters. The average Bonchev–Trinajstić information content (AvgIpc) is 3.23. The van der Waals surface area contributed by atoms with Gasteiger partial charge in [0, 0.05) is 28.3 Å². The van der Waals surface area contributed by atoms with E-state index in [-0.39, 0.29) is 16.7 Å². The highest BCUT2D eigenvalue weighted by atomic mass is 16.5. The van der Waals surface area contributed by atoms with Crippen LogP contribution in [0.2, 0.25) is 0 Å². The topological polar surface area (TPSA) is 78.9 Å². The van der Waals surface area contributed by atoms with Crippen LogP contribution in [0.15, 0.2) is 91.2 Å². The second kappa shape index (κ2) is 10.5. The van der Waals surface area contributed by atoms with E-state index in [2.05, 4.69) is 38.1 Å². The van der Waals surface area contributed by atoms with Gasteiger partial charge in [-0.05, 0) is 109 Å². The molecule has 45 heavy (non-hydrogen) atoms. The van der Waals surface area contributed by atoms with Gasteiger partial charge in [-0.1, -0.05) is 38.1 Å². The van der Waals surface area contributed by atoms with Crippen molar-refractivity contribution in [1.82, 2.24) is 0 Å². The van der Waals surface area contributed by atoms with Crippen molar-refractivity contribution in [2.45, 2.75) is 47.0 Å². The summed E-state index contributed by atoms with van der Waals surface area (Å²) >= 11 is 0. The maximum atomic E-state index is 13.4. The average molecular weight is 599 g/mol. The van der Waals surface area contributed by atoms with E-state index in [1.807, 2.05) is 64.1 Å². The summed E-state index contributed by atoms with van der Waals surface area (Å²) in [4.78, 5) is 26.7. The minimum atomic E-state index is -0.384. The van der Waals surface area contributed by atoms with Crippen LogP contribution in [0, 0.1) is 13.8 Å². The Balaban J connectivity index is 1.32. The van der Waals surface area contributed by atoms with E-state index < -0.39 is 0 Å².